The van der Waals surface area contributed by atoms with Crippen LogP contribution in [0.1, 0.15) is 50.4 Å². The molecular formula is C33H29BrCl2N2O5S. The number of carbonyl (C=O) groups is 1. The van der Waals surface area contributed by atoms with Crippen molar-refractivity contribution in [1.82, 2.24) is 4.57 Å². The van der Waals surface area contributed by atoms with Crippen LogP contribution in [0.15, 0.2) is 86.2 Å². The van der Waals surface area contributed by atoms with Gasteiger partial charge in [-0.15, -0.1) is 0 Å². The number of carbonyl (C=O) groups excluding carboxylic acids is 1. The molecule has 1 aliphatic rings. The highest BCUT2D eigenvalue weighted by Gasteiger charge is 2.35. The van der Waals surface area contributed by atoms with Crippen LogP contribution in [0, 0.1) is 0 Å². The number of hydrogen-bond acceptors (Lipinski definition) is 7. The topological polar surface area (TPSA) is 79.1 Å². The number of rotatable bonds is 9. The Bertz CT molecular complexity index is 1930. The quantitative estimate of drug-likeness (QED) is 0.171. The molecule has 0 aliphatic carbocycles. The third-order valence-corrected chi connectivity index (χ3v) is 8.96. The predicted octanol–water partition coefficient (Wildman–Crippen LogP) is 7.23. The van der Waals surface area contributed by atoms with Gasteiger partial charge in [0, 0.05) is 16.1 Å². The molecule has 2 heterocycles. The first-order valence-corrected chi connectivity index (χ1v) is 16.3. The standard InChI is InChI=1S/C33H29BrCl2N2O5S/c1-5-41-32(40)28-19(4)37-33-38(29(28)22-11-7-9-13-26(22)43-18(2)3)31(39)27(44-33)16-20-14-23(34)30(25(36)15-20)42-17-21-10-6-8-12-24(21)35/h6-16,18,29H,5,17H2,1-4H3/b27-16+/t29-/m1/s1. The van der Waals surface area contributed by atoms with Crippen LogP contribution in [0.25, 0.3) is 6.08 Å². The van der Waals surface area contributed by atoms with Gasteiger partial charge < -0.3 is 14.2 Å². The minimum atomic E-state index is -0.793. The van der Waals surface area contributed by atoms with Gasteiger partial charge in [0.1, 0.15) is 18.4 Å². The summed E-state index contributed by atoms with van der Waals surface area (Å²) >= 11 is 17.7. The van der Waals surface area contributed by atoms with Crippen molar-refractivity contribution in [1.29, 1.82) is 0 Å². The van der Waals surface area contributed by atoms with E-state index in [2.05, 4.69) is 20.9 Å². The molecule has 0 radical (unpaired) electrons. The highest BCUT2D eigenvalue weighted by molar-refractivity contribution is 9.10. The van der Waals surface area contributed by atoms with E-state index >= 15 is 0 Å². The summed E-state index contributed by atoms with van der Waals surface area (Å²) in [5.74, 6) is 0.499. The lowest BCUT2D eigenvalue weighted by Crippen LogP contribution is -2.40. The number of para-hydroxylation sites is 1. The Balaban J connectivity index is 1.59. The molecule has 1 atom stereocenters. The molecule has 5 rings (SSSR count). The van der Waals surface area contributed by atoms with Gasteiger partial charge >= 0.3 is 5.97 Å². The van der Waals surface area contributed by atoms with Crippen LogP contribution in [0.5, 0.6) is 11.5 Å². The fourth-order valence-corrected chi connectivity index (χ4v) is 7.10. The predicted molar refractivity (Wildman–Crippen MR) is 178 cm³/mol. The summed E-state index contributed by atoms with van der Waals surface area (Å²) in [5, 5.41) is 0.966. The smallest absolute Gasteiger partial charge is 0.338 e. The van der Waals surface area contributed by atoms with Gasteiger partial charge in [0.15, 0.2) is 10.6 Å². The Morgan fingerprint density at radius 1 is 1.11 bits per heavy atom. The molecule has 4 aromatic rings. The van der Waals surface area contributed by atoms with Crippen LogP contribution in [-0.2, 0) is 16.1 Å². The largest absolute Gasteiger partial charge is 0.491 e. The zero-order valence-electron chi connectivity index (χ0n) is 24.4. The molecule has 0 fully saturated rings. The second kappa shape index (κ2) is 13.7. The average Bonchev–Trinajstić information content (AvgIpc) is 3.26. The van der Waals surface area contributed by atoms with Gasteiger partial charge in [-0.2, -0.15) is 0 Å². The van der Waals surface area contributed by atoms with Gasteiger partial charge in [0.25, 0.3) is 5.56 Å². The molecule has 228 valence electrons. The zero-order chi connectivity index (χ0) is 31.5. The van der Waals surface area contributed by atoms with E-state index in [1.54, 1.807) is 32.1 Å². The number of halogens is 3. The molecule has 0 spiro atoms. The SMILES string of the molecule is CCOC(=O)C1=C(C)N=c2s/c(=C/c3cc(Cl)c(OCc4ccccc4Cl)c(Br)c3)c(=O)n2[C@@H]1c1ccccc1OC(C)C. The molecule has 44 heavy (non-hydrogen) atoms. The Hall–Kier alpha value is -3.37. The van der Waals surface area contributed by atoms with Gasteiger partial charge in [-0.3, -0.25) is 9.36 Å². The summed E-state index contributed by atoms with van der Waals surface area (Å²) in [4.78, 5) is 32.5. The first-order chi connectivity index (χ1) is 21.1. The lowest BCUT2D eigenvalue weighted by Gasteiger charge is -2.26. The molecule has 0 saturated carbocycles. The van der Waals surface area contributed by atoms with Gasteiger partial charge in [0.05, 0.1) is 38.0 Å². The van der Waals surface area contributed by atoms with Crippen LogP contribution in [0.4, 0.5) is 0 Å². The number of fused-ring (bicyclic) bond motifs is 1. The highest BCUT2D eigenvalue weighted by Crippen LogP contribution is 2.37. The molecular weight excluding hydrogens is 687 g/mol. The second-order valence-corrected chi connectivity index (χ2v) is 12.9. The summed E-state index contributed by atoms with van der Waals surface area (Å²) in [6, 6.07) is 17.6. The zero-order valence-corrected chi connectivity index (χ0v) is 28.3. The summed E-state index contributed by atoms with van der Waals surface area (Å²) < 4.78 is 20.1. The first-order valence-electron chi connectivity index (χ1n) is 13.9. The summed E-state index contributed by atoms with van der Waals surface area (Å²) in [6.45, 7) is 7.76. The van der Waals surface area contributed by atoms with E-state index in [0.717, 1.165) is 5.56 Å². The summed E-state index contributed by atoms with van der Waals surface area (Å²) in [6.07, 6.45) is 1.62. The van der Waals surface area contributed by atoms with Crippen LogP contribution in [-0.4, -0.2) is 23.2 Å². The van der Waals surface area contributed by atoms with Gasteiger partial charge in [-0.05, 0) is 79.5 Å². The van der Waals surface area contributed by atoms with E-state index in [-0.39, 0.29) is 30.5 Å². The van der Waals surface area contributed by atoms with Crippen molar-refractivity contribution in [3.05, 3.63) is 123 Å². The van der Waals surface area contributed by atoms with Gasteiger partial charge in [0.2, 0.25) is 0 Å². The highest BCUT2D eigenvalue weighted by atomic mass is 79.9. The van der Waals surface area contributed by atoms with Crippen molar-refractivity contribution in [2.75, 3.05) is 6.61 Å². The molecule has 0 bridgehead atoms. The monoisotopic (exact) mass is 714 g/mol. The number of benzene rings is 3. The van der Waals surface area contributed by atoms with Crippen molar-refractivity contribution in [2.24, 2.45) is 4.99 Å². The van der Waals surface area contributed by atoms with Crippen LogP contribution in [0.2, 0.25) is 10.0 Å². The second-order valence-electron chi connectivity index (χ2n) is 10.2. The van der Waals surface area contributed by atoms with Crippen molar-refractivity contribution in [3.63, 3.8) is 0 Å². The van der Waals surface area contributed by atoms with Crippen LogP contribution >= 0.6 is 50.5 Å². The third kappa shape index (κ3) is 6.66. The fourth-order valence-electron chi connectivity index (χ4n) is 4.87. The van der Waals surface area contributed by atoms with E-state index in [9.17, 15) is 9.59 Å². The lowest BCUT2D eigenvalue weighted by molar-refractivity contribution is -0.139. The first kappa shape index (κ1) is 32.0. The van der Waals surface area contributed by atoms with E-state index in [1.165, 1.54) is 15.9 Å². The molecule has 0 N–H and O–H groups in total. The average molecular weight is 716 g/mol. The number of aromatic nitrogens is 1. The van der Waals surface area contributed by atoms with Crippen molar-refractivity contribution < 1.29 is 19.0 Å². The van der Waals surface area contributed by atoms with Gasteiger partial charge in [-0.1, -0.05) is 70.9 Å². The van der Waals surface area contributed by atoms with E-state index < -0.39 is 12.0 Å². The number of allylic oxidation sites excluding steroid dienone is 1. The number of esters is 1. The number of nitrogens with zero attached hydrogens (tertiary/aromatic N) is 2. The number of ether oxygens (including phenoxy) is 3. The maximum absolute atomic E-state index is 14.1. The molecule has 0 unspecified atom stereocenters. The third-order valence-electron chi connectivity index (χ3n) is 6.74. The normalized spacial score (nSPS) is 14.8. The molecule has 0 saturated heterocycles. The molecule has 0 amide bonds. The van der Waals surface area contributed by atoms with Crippen molar-refractivity contribution >= 4 is 62.5 Å². The minimum absolute atomic E-state index is 0.122. The Morgan fingerprint density at radius 3 is 2.55 bits per heavy atom. The van der Waals surface area contributed by atoms with Crippen LogP contribution < -0.4 is 24.4 Å². The van der Waals surface area contributed by atoms with Crippen molar-refractivity contribution in [3.8, 4) is 11.5 Å². The molecule has 7 nitrogen and oxygen atoms in total. The van der Waals surface area contributed by atoms with Crippen LogP contribution in [0.3, 0.4) is 0 Å². The minimum Gasteiger partial charge on any atom is -0.491 e. The fraction of sp³-hybridized carbons (Fsp3) is 0.242. The van der Waals surface area contributed by atoms with E-state index in [1.807, 2.05) is 62.4 Å². The van der Waals surface area contributed by atoms with E-state index in [0.29, 0.717) is 52.2 Å². The molecule has 3 aromatic carbocycles. The maximum Gasteiger partial charge on any atom is 0.338 e. The van der Waals surface area contributed by atoms with Crippen molar-refractivity contribution in [2.45, 2.75) is 46.4 Å². The summed E-state index contributed by atoms with van der Waals surface area (Å²) in [5.41, 5.74) is 2.63. The maximum atomic E-state index is 14.1. The lowest BCUT2D eigenvalue weighted by atomic mass is 9.95. The molecule has 1 aliphatic heterocycles. The Morgan fingerprint density at radius 2 is 1.84 bits per heavy atom. The summed E-state index contributed by atoms with van der Waals surface area (Å²) in [7, 11) is 0. The Labute approximate surface area is 277 Å². The number of thiazole rings is 1. The molecule has 1 aromatic heterocycles. The van der Waals surface area contributed by atoms with E-state index in [4.69, 9.17) is 37.4 Å². The Kier molecular flexibility index (Phi) is 10.00. The number of hydrogen-bond donors (Lipinski definition) is 0. The molecule has 11 heteroatoms. The van der Waals surface area contributed by atoms with Gasteiger partial charge in [-0.25, -0.2) is 9.79 Å².